The molecular formula is C15H20N2O. The second-order valence-corrected chi connectivity index (χ2v) is 4.09. The molecule has 0 aliphatic heterocycles. The number of hydrogen-bond donors (Lipinski definition) is 1. The number of unbranched alkanes of at least 4 members (excludes halogenated alkanes) is 1. The largest absolute Gasteiger partial charge is 0.362 e. The first-order valence-electron chi connectivity index (χ1n) is 6.28. The van der Waals surface area contributed by atoms with Gasteiger partial charge in [0, 0.05) is 12.2 Å². The van der Waals surface area contributed by atoms with Gasteiger partial charge in [-0.3, -0.25) is 4.79 Å². The SMILES string of the molecule is C#CCNC(=O)CN(CCCC)c1ccccc1. The maximum atomic E-state index is 11.7. The van der Waals surface area contributed by atoms with Gasteiger partial charge in [-0.2, -0.15) is 0 Å². The Hall–Kier alpha value is -1.95. The summed E-state index contributed by atoms with van der Waals surface area (Å²) in [5, 5.41) is 2.69. The van der Waals surface area contributed by atoms with Gasteiger partial charge in [0.1, 0.15) is 0 Å². The van der Waals surface area contributed by atoms with Crippen molar-refractivity contribution in [2.24, 2.45) is 0 Å². The molecule has 3 heteroatoms. The van der Waals surface area contributed by atoms with Crippen LogP contribution in [0.1, 0.15) is 19.8 Å². The molecule has 1 aromatic carbocycles. The highest BCUT2D eigenvalue weighted by molar-refractivity contribution is 5.81. The van der Waals surface area contributed by atoms with Crippen molar-refractivity contribution in [2.45, 2.75) is 19.8 Å². The molecule has 1 amide bonds. The number of anilines is 1. The Bertz CT molecular complexity index is 395. The molecule has 0 saturated heterocycles. The standard InChI is InChI=1S/C15H20N2O/c1-3-5-12-17(13-15(18)16-11-4-2)14-9-7-6-8-10-14/h2,6-10H,3,5,11-13H2,1H3,(H,16,18). The summed E-state index contributed by atoms with van der Waals surface area (Å²) in [4.78, 5) is 13.8. The van der Waals surface area contributed by atoms with E-state index in [0.717, 1.165) is 25.1 Å². The summed E-state index contributed by atoms with van der Waals surface area (Å²) in [5.74, 6) is 2.37. The minimum Gasteiger partial charge on any atom is -0.362 e. The summed E-state index contributed by atoms with van der Waals surface area (Å²) < 4.78 is 0. The van der Waals surface area contributed by atoms with E-state index in [1.165, 1.54) is 0 Å². The van der Waals surface area contributed by atoms with Crippen LogP contribution < -0.4 is 10.2 Å². The number of amides is 1. The lowest BCUT2D eigenvalue weighted by Crippen LogP contribution is -2.38. The Kier molecular flexibility index (Phi) is 6.42. The van der Waals surface area contributed by atoms with Gasteiger partial charge in [-0.25, -0.2) is 0 Å². The smallest absolute Gasteiger partial charge is 0.240 e. The van der Waals surface area contributed by atoms with Crippen LogP contribution in [0.4, 0.5) is 5.69 Å². The third-order valence-electron chi connectivity index (χ3n) is 2.63. The number of benzene rings is 1. The van der Waals surface area contributed by atoms with E-state index in [2.05, 4.69) is 23.1 Å². The van der Waals surface area contributed by atoms with Crippen molar-refractivity contribution in [3.63, 3.8) is 0 Å². The summed E-state index contributed by atoms with van der Waals surface area (Å²) in [5.41, 5.74) is 1.07. The second kappa shape index (κ2) is 8.19. The highest BCUT2D eigenvalue weighted by atomic mass is 16.2. The lowest BCUT2D eigenvalue weighted by atomic mass is 10.2. The highest BCUT2D eigenvalue weighted by Crippen LogP contribution is 2.13. The predicted octanol–water partition coefficient (Wildman–Crippen LogP) is 2.04. The molecule has 0 aliphatic rings. The molecule has 0 bridgehead atoms. The van der Waals surface area contributed by atoms with E-state index in [0.29, 0.717) is 6.54 Å². The average Bonchev–Trinajstić information content (AvgIpc) is 2.42. The third-order valence-corrected chi connectivity index (χ3v) is 2.63. The fraction of sp³-hybridized carbons (Fsp3) is 0.400. The number of para-hydroxylation sites is 1. The van der Waals surface area contributed by atoms with Gasteiger partial charge < -0.3 is 10.2 Å². The number of terminal acetylenes is 1. The minimum atomic E-state index is -0.0343. The Morgan fingerprint density at radius 3 is 2.72 bits per heavy atom. The van der Waals surface area contributed by atoms with Gasteiger partial charge in [-0.1, -0.05) is 37.5 Å². The summed E-state index contributed by atoms with van der Waals surface area (Å²) in [6.07, 6.45) is 7.29. The molecule has 1 rings (SSSR count). The van der Waals surface area contributed by atoms with E-state index in [-0.39, 0.29) is 12.5 Å². The summed E-state index contributed by atoms with van der Waals surface area (Å²) >= 11 is 0. The van der Waals surface area contributed by atoms with E-state index in [1.807, 2.05) is 30.3 Å². The Balaban J connectivity index is 2.62. The zero-order chi connectivity index (χ0) is 13.2. The average molecular weight is 244 g/mol. The maximum absolute atomic E-state index is 11.7. The summed E-state index contributed by atoms with van der Waals surface area (Å²) in [7, 11) is 0. The van der Waals surface area contributed by atoms with Crippen molar-refractivity contribution in [3.8, 4) is 12.3 Å². The van der Waals surface area contributed by atoms with Gasteiger partial charge in [0.15, 0.2) is 0 Å². The minimum absolute atomic E-state index is 0.0343. The number of carbonyl (C=O) groups is 1. The summed E-state index contributed by atoms with van der Waals surface area (Å²) in [6.45, 7) is 3.66. The molecule has 0 unspecified atom stereocenters. The first-order chi connectivity index (χ1) is 8.77. The van der Waals surface area contributed by atoms with Crippen LogP contribution in [0, 0.1) is 12.3 Å². The molecule has 0 radical (unpaired) electrons. The van der Waals surface area contributed by atoms with Crippen LogP contribution in [0.15, 0.2) is 30.3 Å². The molecule has 1 N–H and O–H groups in total. The van der Waals surface area contributed by atoms with E-state index in [4.69, 9.17) is 6.42 Å². The first-order valence-corrected chi connectivity index (χ1v) is 6.28. The molecule has 0 aliphatic carbocycles. The van der Waals surface area contributed by atoms with Crippen molar-refractivity contribution in [2.75, 3.05) is 24.5 Å². The quantitative estimate of drug-likeness (QED) is 0.744. The van der Waals surface area contributed by atoms with Gasteiger partial charge in [0.2, 0.25) is 5.91 Å². The first kappa shape index (κ1) is 14.1. The van der Waals surface area contributed by atoms with Gasteiger partial charge in [0.25, 0.3) is 0 Å². The number of nitrogens with zero attached hydrogens (tertiary/aromatic N) is 1. The molecule has 0 spiro atoms. The molecular weight excluding hydrogens is 224 g/mol. The molecule has 0 heterocycles. The number of rotatable bonds is 7. The van der Waals surface area contributed by atoms with Crippen LogP contribution in [0.2, 0.25) is 0 Å². The zero-order valence-electron chi connectivity index (χ0n) is 10.9. The van der Waals surface area contributed by atoms with Crippen LogP contribution in [-0.2, 0) is 4.79 Å². The molecule has 0 fully saturated rings. The zero-order valence-corrected chi connectivity index (χ0v) is 10.9. The van der Waals surface area contributed by atoms with Crippen LogP contribution in [0.25, 0.3) is 0 Å². The molecule has 96 valence electrons. The van der Waals surface area contributed by atoms with Gasteiger partial charge in [0.05, 0.1) is 13.1 Å². The molecule has 1 aromatic rings. The number of carbonyl (C=O) groups excluding carboxylic acids is 1. The summed E-state index contributed by atoms with van der Waals surface area (Å²) in [6, 6.07) is 9.97. The third kappa shape index (κ3) is 4.92. The van der Waals surface area contributed by atoms with Gasteiger partial charge >= 0.3 is 0 Å². The fourth-order valence-corrected chi connectivity index (χ4v) is 1.67. The van der Waals surface area contributed by atoms with E-state index < -0.39 is 0 Å². The van der Waals surface area contributed by atoms with Crippen LogP contribution in [0.3, 0.4) is 0 Å². The van der Waals surface area contributed by atoms with Crippen molar-refractivity contribution >= 4 is 11.6 Å². The lowest BCUT2D eigenvalue weighted by molar-refractivity contribution is -0.119. The predicted molar refractivity (Wildman–Crippen MR) is 75.4 cm³/mol. The van der Waals surface area contributed by atoms with E-state index in [9.17, 15) is 4.79 Å². The van der Waals surface area contributed by atoms with E-state index in [1.54, 1.807) is 0 Å². The maximum Gasteiger partial charge on any atom is 0.240 e. The Labute approximate surface area is 109 Å². The number of hydrogen-bond acceptors (Lipinski definition) is 2. The topological polar surface area (TPSA) is 32.3 Å². The van der Waals surface area contributed by atoms with Gasteiger partial charge in [-0.15, -0.1) is 6.42 Å². The highest BCUT2D eigenvalue weighted by Gasteiger charge is 2.10. The van der Waals surface area contributed by atoms with Crippen molar-refractivity contribution in [1.82, 2.24) is 5.32 Å². The van der Waals surface area contributed by atoms with Gasteiger partial charge in [-0.05, 0) is 18.6 Å². The lowest BCUT2D eigenvalue weighted by Gasteiger charge is -2.23. The number of nitrogens with one attached hydrogen (secondary N) is 1. The Morgan fingerprint density at radius 2 is 2.11 bits per heavy atom. The molecule has 0 saturated carbocycles. The fourth-order valence-electron chi connectivity index (χ4n) is 1.67. The normalized spacial score (nSPS) is 9.56. The Morgan fingerprint density at radius 1 is 1.39 bits per heavy atom. The van der Waals surface area contributed by atoms with Crippen molar-refractivity contribution in [3.05, 3.63) is 30.3 Å². The van der Waals surface area contributed by atoms with Crippen molar-refractivity contribution < 1.29 is 4.79 Å². The molecule has 3 nitrogen and oxygen atoms in total. The molecule has 0 aromatic heterocycles. The molecule has 18 heavy (non-hydrogen) atoms. The monoisotopic (exact) mass is 244 g/mol. The van der Waals surface area contributed by atoms with Crippen molar-refractivity contribution in [1.29, 1.82) is 0 Å². The van der Waals surface area contributed by atoms with Crippen LogP contribution in [-0.4, -0.2) is 25.5 Å². The van der Waals surface area contributed by atoms with E-state index >= 15 is 0 Å². The second-order valence-electron chi connectivity index (χ2n) is 4.09. The molecule has 0 atom stereocenters. The van der Waals surface area contributed by atoms with Crippen LogP contribution in [0.5, 0.6) is 0 Å². The van der Waals surface area contributed by atoms with Crippen LogP contribution >= 0.6 is 0 Å².